The van der Waals surface area contributed by atoms with Crippen LogP contribution in [0.15, 0.2) is 42.6 Å². The number of hydrogen-bond acceptors (Lipinski definition) is 5. The third-order valence-electron chi connectivity index (χ3n) is 6.69. The summed E-state index contributed by atoms with van der Waals surface area (Å²) in [6.07, 6.45) is 1.72. The van der Waals surface area contributed by atoms with E-state index in [0.717, 1.165) is 0 Å². The highest BCUT2D eigenvalue weighted by atomic mass is 35.5. The maximum atomic E-state index is 14.5. The van der Waals surface area contributed by atoms with Crippen molar-refractivity contribution in [3.05, 3.63) is 75.0 Å². The fourth-order valence-electron chi connectivity index (χ4n) is 4.86. The van der Waals surface area contributed by atoms with Gasteiger partial charge in [0.25, 0.3) is 5.91 Å². The first-order chi connectivity index (χ1) is 17.8. The van der Waals surface area contributed by atoms with Gasteiger partial charge in [0.05, 0.1) is 48.2 Å². The van der Waals surface area contributed by atoms with E-state index in [2.05, 4.69) is 5.09 Å². The molecule has 0 radical (unpaired) electrons. The van der Waals surface area contributed by atoms with Crippen LogP contribution in [-0.4, -0.2) is 78.0 Å². The Morgan fingerprint density at radius 2 is 1.57 bits per heavy atom. The molecule has 4 heterocycles. The van der Waals surface area contributed by atoms with Crippen molar-refractivity contribution in [1.82, 2.24) is 18.8 Å². The lowest BCUT2D eigenvalue weighted by Crippen LogP contribution is -2.48. The van der Waals surface area contributed by atoms with Gasteiger partial charge in [0.2, 0.25) is 5.78 Å². The maximum Gasteiger partial charge on any atom is 0.311 e. The number of hydrogen-bond donors (Lipinski definition) is 1. The van der Waals surface area contributed by atoms with Gasteiger partial charge in [0.1, 0.15) is 0 Å². The molecule has 0 atom stereocenters. The molecule has 0 unspecified atom stereocenters. The van der Waals surface area contributed by atoms with E-state index in [4.69, 9.17) is 32.7 Å². The molecule has 12 heteroatoms. The number of rotatable bonds is 6. The number of carbonyl (C=O) groups is 2. The summed E-state index contributed by atoms with van der Waals surface area (Å²) in [5.74, 6) is -0.854. The number of carbonyl (C=O) groups excluding carboxylic acids is 2. The molecule has 0 saturated carbocycles. The SMILES string of the molecule is Cc1c(C(=O)NP(=O)(N2CCOCC2)N2CCOCC2)c2ccccn2c1C(=O)c1ccc(Cl)cc1Cl. The molecule has 2 saturated heterocycles. The third kappa shape index (κ3) is 4.98. The molecule has 1 aromatic carbocycles. The van der Waals surface area contributed by atoms with Gasteiger partial charge in [-0.3, -0.25) is 19.2 Å². The average Bonchev–Trinajstić information content (AvgIpc) is 3.21. The Balaban J connectivity index is 1.56. The van der Waals surface area contributed by atoms with Gasteiger partial charge in [0.15, 0.2) is 0 Å². The number of morpholine rings is 2. The van der Waals surface area contributed by atoms with Crippen LogP contribution in [0.4, 0.5) is 0 Å². The molecular formula is C25H27Cl2N4O5P. The molecule has 196 valence electrons. The minimum atomic E-state index is -3.50. The van der Waals surface area contributed by atoms with Crippen molar-refractivity contribution >= 4 is 48.0 Å². The van der Waals surface area contributed by atoms with Crippen molar-refractivity contribution in [1.29, 1.82) is 0 Å². The number of pyridine rings is 1. The molecule has 1 amide bonds. The standard InChI is InChI=1S/C25H27Cl2N4O5P/c1-17-22(25(33)28-37(34,29-8-12-35-13-9-29)30-10-14-36-15-11-30)21-4-2-3-7-31(21)23(17)24(32)19-6-5-18(26)16-20(19)27/h2-7,16H,8-15H2,1H3,(H,28,33,34). The summed E-state index contributed by atoms with van der Waals surface area (Å²) >= 11 is 12.4. The van der Waals surface area contributed by atoms with Gasteiger partial charge in [-0.2, -0.15) is 0 Å². The Hall–Kier alpha value is -2.23. The third-order valence-corrected chi connectivity index (χ3v) is 10.1. The Labute approximate surface area is 224 Å². The Morgan fingerprint density at radius 3 is 2.16 bits per heavy atom. The van der Waals surface area contributed by atoms with Crippen LogP contribution in [0.3, 0.4) is 0 Å². The predicted molar refractivity (Wildman–Crippen MR) is 142 cm³/mol. The highest BCUT2D eigenvalue weighted by Gasteiger charge is 2.41. The molecule has 5 rings (SSSR count). The first-order valence-electron chi connectivity index (χ1n) is 12.0. The molecule has 1 N–H and O–H groups in total. The topological polar surface area (TPSA) is 92.6 Å². The highest BCUT2D eigenvalue weighted by molar-refractivity contribution is 7.57. The molecule has 2 aliphatic rings. The lowest BCUT2D eigenvalue weighted by Gasteiger charge is -2.41. The minimum absolute atomic E-state index is 0.220. The molecule has 3 aromatic rings. The number of amides is 1. The fraction of sp³-hybridized carbons (Fsp3) is 0.360. The second-order valence-electron chi connectivity index (χ2n) is 8.87. The van der Waals surface area contributed by atoms with E-state index in [1.165, 1.54) is 6.07 Å². The van der Waals surface area contributed by atoms with Crippen LogP contribution < -0.4 is 5.09 Å². The summed E-state index contributed by atoms with van der Waals surface area (Å²) in [6.45, 7) is 5.17. The predicted octanol–water partition coefficient (Wildman–Crippen LogP) is 4.29. The summed E-state index contributed by atoms with van der Waals surface area (Å²) < 4.78 is 30.7. The Bertz CT molecular complexity index is 1380. The van der Waals surface area contributed by atoms with Gasteiger partial charge in [0, 0.05) is 43.0 Å². The number of halogens is 2. The van der Waals surface area contributed by atoms with E-state index >= 15 is 0 Å². The molecule has 2 aromatic heterocycles. The monoisotopic (exact) mass is 564 g/mol. The van der Waals surface area contributed by atoms with Crippen LogP contribution in [0, 0.1) is 6.92 Å². The van der Waals surface area contributed by atoms with Gasteiger partial charge in [-0.25, -0.2) is 9.34 Å². The van der Waals surface area contributed by atoms with E-state index < -0.39 is 13.5 Å². The summed E-state index contributed by atoms with van der Waals surface area (Å²) in [4.78, 5) is 27.5. The van der Waals surface area contributed by atoms with Crippen LogP contribution in [0.25, 0.3) is 5.52 Å². The van der Waals surface area contributed by atoms with Gasteiger partial charge in [-0.1, -0.05) is 29.3 Å². The van der Waals surface area contributed by atoms with Gasteiger partial charge in [-0.05, 0) is 42.8 Å². The molecular weight excluding hydrogens is 538 g/mol. The minimum Gasteiger partial charge on any atom is -0.379 e. The lowest BCUT2D eigenvalue weighted by atomic mass is 10.0. The quantitative estimate of drug-likeness (QED) is 0.352. The first kappa shape index (κ1) is 26.4. The van der Waals surface area contributed by atoms with Crippen molar-refractivity contribution in [2.75, 3.05) is 52.6 Å². The van der Waals surface area contributed by atoms with E-state index in [-0.39, 0.29) is 21.9 Å². The number of nitrogens with one attached hydrogen (secondary N) is 1. The molecule has 2 aliphatic heterocycles. The van der Waals surface area contributed by atoms with Gasteiger partial charge < -0.3 is 13.9 Å². The number of ketones is 1. The first-order valence-corrected chi connectivity index (χ1v) is 14.4. The molecule has 0 spiro atoms. The number of ether oxygens (including phenoxy) is 2. The van der Waals surface area contributed by atoms with Crippen molar-refractivity contribution in [3.8, 4) is 0 Å². The van der Waals surface area contributed by atoms with Crippen molar-refractivity contribution in [3.63, 3.8) is 0 Å². The summed E-state index contributed by atoms with van der Waals surface area (Å²) in [7, 11) is -3.50. The zero-order valence-electron chi connectivity index (χ0n) is 20.3. The lowest BCUT2D eigenvalue weighted by molar-refractivity contribution is 0.0505. The normalized spacial score (nSPS) is 17.7. The van der Waals surface area contributed by atoms with E-state index in [1.54, 1.807) is 57.2 Å². The Morgan fingerprint density at radius 1 is 0.946 bits per heavy atom. The zero-order valence-corrected chi connectivity index (χ0v) is 22.7. The maximum absolute atomic E-state index is 14.5. The van der Waals surface area contributed by atoms with Crippen LogP contribution in [0.1, 0.15) is 32.0 Å². The number of fused-ring (bicyclic) bond motifs is 1. The summed E-state index contributed by atoms with van der Waals surface area (Å²) in [5.41, 5.74) is 1.86. The van der Waals surface area contributed by atoms with Crippen molar-refractivity contribution < 1.29 is 23.6 Å². The number of benzene rings is 1. The van der Waals surface area contributed by atoms with Crippen LogP contribution in [0.2, 0.25) is 10.0 Å². The van der Waals surface area contributed by atoms with E-state index in [9.17, 15) is 14.2 Å². The van der Waals surface area contributed by atoms with Gasteiger partial charge in [-0.15, -0.1) is 0 Å². The Kier molecular flexibility index (Phi) is 7.75. The molecule has 37 heavy (non-hydrogen) atoms. The van der Waals surface area contributed by atoms with Gasteiger partial charge >= 0.3 is 7.59 Å². The number of aromatic nitrogens is 1. The highest BCUT2D eigenvalue weighted by Crippen LogP contribution is 2.50. The van der Waals surface area contributed by atoms with Crippen LogP contribution >= 0.6 is 30.8 Å². The van der Waals surface area contributed by atoms with E-state index in [1.807, 2.05) is 0 Å². The van der Waals surface area contributed by atoms with E-state index in [0.29, 0.717) is 74.4 Å². The molecule has 2 fully saturated rings. The second-order valence-corrected chi connectivity index (χ2v) is 12.2. The van der Waals surface area contributed by atoms with Crippen molar-refractivity contribution in [2.24, 2.45) is 0 Å². The van der Waals surface area contributed by atoms with Crippen LogP contribution in [-0.2, 0) is 14.0 Å². The van der Waals surface area contributed by atoms with Crippen molar-refractivity contribution in [2.45, 2.75) is 6.92 Å². The second kappa shape index (κ2) is 10.9. The number of nitrogens with zero attached hydrogens (tertiary/aromatic N) is 3. The van der Waals surface area contributed by atoms with Crippen LogP contribution in [0.5, 0.6) is 0 Å². The summed E-state index contributed by atoms with van der Waals surface area (Å²) in [5, 5.41) is 3.52. The smallest absolute Gasteiger partial charge is 0.311 e. The average molecular weight is 565 g/mol. The largest absolute Gasteiger partial charge is 0.379 e. The summed E-state index contributed by atoms with van der Waals surface area (Å²) in [6, 6.07) is 10.0. The molecule has 0 aliphatic carbocycles. The molecule has 9 nitrogen and oxygen atoms in total. The zero-order chi connectivity index (χ0) is 26.2. The fourth-order valence-corrected chi connectivity index (χ4v) is 7.78. The molecule has 0 bridgehead atoms.